The number of amides is 3. The van der Waals surface area contributed by atoms with E-state index in [0.29, 0.717) is 56.2 Å². The summed E-state index contributed by atoms with van der Waals surface area (Å²) in [6, 6.07) is 12.3. The van der Waals surface area contributed by atoms with Crippen molar-refractivity contribution in [3.8, 4) is 22.4 Å². The number of hydrogen-bond acceptors (Lipinski definition) is 6. The van der Waals surface area contributed by atoms with Gasteiger partial charge in [-0.05, 0) is 37.3 Å². The lowest BCUT2D eigenvalue weighted by Crippen LogP contribution is -2.52. The van der Waals surface area contributed by atoms with Crippen LogP contribution in [0, 0.1) is 24.5 Å². The number of anilines is 1. The van der Waals surface area contributed by atoms with E-state index in [4.69, 9.17) is 11.6 Å². The summed E-state index contributed by atoms with van der Waals surface area (Å²) < 4.78 is 36.7. The van der Waals surface area contributed by atoms with Gasteiger partial charge in [0, 0.05) is 87.0 Å². The van der Waals surface area contributed by atoms with Crippen LogP contribution in [0.3, 0.4) is 0 Å². The van der Waals surface area contributed by atoms with Gasteiger partial charge in [0.2, 0.25) is 5.91 Å². The number of imidazole rings is 1. The average Bonchev–Trinajstić information content (AvgIpc) is 3.87. The molecule has 5 aromatic rings. The van der Waals surface area contributed by atoms with E-state index in [0.717, 1.165) is 24.0 Å². The predicted octanol–water partition coefficient (Wildman–Crippen LogP) is 4.69. The van der Waals surface area contributed by atoms with Crippen LogP contribution in [-0.4, -0.2) is 109 Å². The Bertz CT molecular complexity index is 2400. The maximum absolute atomic E-state index is 15.7. The third kappa shape index (κ3) is 7.73. The number of rotatable bonds is 9. The number of nitrogens with one attached hydrogen (secondary N) is 1. The summed E-state index contributed by atoms with van der Waals surface area (Å²) in [5.74, 6) is -2.99. The second-order valence-corrected chi connectivity index (χ2v) is 15.4. The highest BCUT2D eigenvalue weighted by Crippen LogP contribution is 2.33. The van der Waals surface area contributed by atoms with Crippen molar-refractivity contribution in [1.29, 1.82) is 0 Å². The number of carbonyl (C=O) groups excluding carboxylic acids is 3. The summed E-state index contributed by atoms with van der Waals surface area (Å²) in [5.41, 5.74) is 1.42. The Morgan fingerprint density at radius 3 is 2.36 bits per heavy atom. The molecule has 0 bridgehead atoms. The SMILES string of the molecule is Cc1nn(CCn2ccccc2=O)cc1-c1ccc(-c2cnc(C(=O)Nc3ccc(C(=O)N4CCN(C(=O)C5CC[N+](C)(C)C5)CC4)c(Cl)c3)n2C)c(F)c1F. The van der Waals surface area contributed by atoms with Gasteiger partial charge in [0.15, 0.2) is 17.5 Å². The van der Waals surface area contributed by atoms with E-state index in [9.17, 15) is 19.2 Å². The van der Waals surface area contributed by atoms with E-state index in [1.807, 2.05) is 4.90 Å². The number of benzene rings is 2. The molecule has 2 saturated heterocycles. The van der Waals surface area contributed by atoms with E-state index in [1.54, 1.807) is 47.1 Å². The molecule has 5 heterocycles. The molecular formula is C40H43ClF2N9O4+. The summed E-state index contributed by atoms with van der Waals surface area (Å²) in [4.78, 5) is 59.6. The standard InChI is InChI=1S/C40H42ClF2N9O4/c1-25-31(23-51(46-25)19-18-48-13-6-5-7-34(48)53)28-10-11-30(36(43)35(28)42)33-22-44-37(47(33)2)38(54)45-27-8-9-29(32(41)21-27)40(56)50-16-14-49(15-17-50)39(55)26-12-20-52(3,4)24-26/h5-11,13,21-23,26H,12,14-20,24H2,1-4H3/p+1. The van der Waals surface area contributed by atoms with Gasteiger partial charge in [-0.1, -0.05) is 23.7 Å². The smallest absolute Gasteiger partial charge is 0.291 e. The van der Waals surface area contributed by atoms with Crippen molar-refractivity contribution in [3.05, 3.63) is 111 Å². The molecule has 13 nitrogen and oxygen atoms in total. The van der Waals surface area contributed by atoms with Crippen molar-refractivity contribution in [2.24, 2.45) is 13.0 Å². The Morgan fingerprint density at radius 2 is 1.66 bits per heavy atom. The minimum atomic E-state index is -1.11. The Morgan fingerprint density at radius 1 is 0.946 bits per heavy atom. The lowest BCUT2D eigenvalue weighted by Gasteiger charge is -2.36. The zero-order valence-corrected chi connectivity index (χ0v) is 32.4. The average molecular weight is 787 g/mol. The van der Waals surface area contributed by atoms with Crippen molar-refractivity contribution in [3.63, 3.8) is 0 Å². The number of halogens is 3. The van der Waals surface area contributed by atoms with Crippen molar-refractivity contribution in [2.45, 2.75) is 26.4 Å². The first-order valence-corrected chi connectivity index (χ1v) is 18.8. The van der Waals surface area contributed by atoms with Gasteiger partial charge in [0.05, 0.1) is 67.8 Å². The highest BCUT2D eigenvalue weighted by Gasteiger charge is 2.38. The first kappa shape index (κ1) is 38.6. The Labute approximate surface area is 327 Å². The van der Waals surface area contributed by atoms with Gasteiger partial charge in [-0.25, -0.2) is 13.8 Å². The van der Waals surface area contributed by atoms with E-state index < -0.39 is 17.5 Å². The fraction of sp³-hybridized carbons (Fsp3) is 0.350. The number of carbonyl (C=O) groups is 3. The number of quaternary nitrogens is 1. The number of piperazine rings is 1. The molecule has 0 aliphatic carbocycles. The topological polar surface area (TPSA) is 127 Å². The van der Waals surface area contributed by atoms with Crippen LogP contribution >= 0.6 is 11.6 Å². The molecule has 7 rings (SSSR count). The second-order valence-electron chi connectivity index (χ2n) is 15.0. The van der Waals surface area contributed by atoms with Crippen LogP contribution in [0.4, 0.5) is 14.5 Å². The summed E-state index contributed by atoms with van der Waals surface area (Å²) in [5, 5.41) is 7.29. The summed E-state index contributed by atoms with van der Waals surface area (Å²) >= 11 is 6.55. The summed E-state index contributed by atoms with van der Waals surface area (Å²) in [6.45, 7) is 5.89. The van der Waals surface area contributed by atoms with Crippen LogP contribution in [0.2, 0.25) is 5.02 Å². The van der Waals surface area contributed by atoms with Crippen molar-refractivity contribution in [1.82, 2.24) is 33.7 Å². The molecule has 292 valence electrons. The number of hydrogen-bond donors (Lipinski definition) is 1. The lowest BCUT2D eigenvalue weighted by molar-refractivity contribution is -0.878. The lowest BCUT2D eigenvalue weighted by atomic mass is 10.0. The van der Waals surface area contributed by atoms with E-state index in [2.05, 4.69) is 29.5 Å². The number of nitrogens with zero attached hydrogens (tertiary/aromatic N) is 8. The molecule has 0 saturated carbocycles. The first-order valence-electron chi connectivity index (χ1n) is 18.4. The molecule has 3 aromatic heterocycles. The van der Waals surface area contributed by atoms with Gasteiger partial charge in [-0.2, -0.15) is 5.10 Å². The third-order valence-electron chi connectivity index (χ3n) is 10.7. The largest absolute Gasteiger partial charge is 0.339 e. The molecule has 2 fully saturated rings. The van der Waals surface area contributed by atoms with Crippen LogP contribution in [0.15, 0.2) is 71.9 Å². The molecular weight excluding hydrogens is 744 g/mol. The fourth-order valence-electron chi connectivity index (χ4n) is 7.58. The summed E-state index contributed by atoms with van der Waals surface area (Å²) in [6.07, 6.45) is 5.44. The molecule has 0 radical (unpaired) electrons. The first-order chi connectivity index (χ1) is 26.7. The van der Waals surface area contributed by atoms with E-state index in [-0.39, 0.29) is 56.5 Å². The summed E-state index contributed by atoms with van der Waals surface area (Å²) in [7, 11) is 5.78. The van der Waals surface area contributed by atoms with Gasteiger partial charge in [0.25, 0.3) is 17.4 Å². The molecule has 3 amide bonds. The molecule has 1 unspecified atom stereocenters. The number of aryl methyl sites for hydroxylation is 3. The highest BCUT2D eigenvalue weighted by molar-refractivity contribution is 6.34. The van der Waals surface area contributed by atoms with Crippen LogP contribution in [0.1, 0.15) is 33.1 Å². The molecule has 2 aromatic carbocycles. The van der Waals surface area contributed by atoms with Gasteiger partial charge >= 0.3 is 0 Å². The van der Waals surface area contributed by atoms with Crippen molar-refractivity contribution in [2.75, 3.05) is 58.7 Å². The van der Waals surface area contributed by atoms with Crippen LogP contribution < -0.4 is 10.9 Å². The number of pyridine rings is 1. The Kier molecular flexibility index (Phi) is 10.7. The van der Waals surface area contributed by atoms with Gasteiger partial charge in [-0.15, -0.1) is 0 Å². The molecule has 2 aliphatic heterocycles. The normalized spacial score (nSPS) is 16.7. The fourth-order valence-corrected chi connectivity index (χ4v) is 7.84. The maximum Gasteiger partial charge on any atom is 0.291 e. The number of likely N-dealkylation sites (tertiary alicyclic amines) is 1. The second kappa shape index (κ2) is 15.5. The zero-order chi connectivity index (χ0) is 39.9. The molecule has 0 spiro atoms. The molecule has 16 heteroatoms. The minimum Gasteiger partial charge on any atom is -0.339 e. The Balaban J connectivity index is 0.989. The Hall–Kier alpha value is -5.67. The van der Waals surface area contributed by atoms with Crippen LogP contribution in [0.5, 0.6) is 0 Å². The third-order valence-corrected chi connectivity index (χ3v) is 11.1. The minimum absolute atomic E-state index is 0.0115. The van der Waals surface area contributed by atoms with E-state index >= 15 is 8.78 Å². The quantitative estimate of drug-likeness (QED) is 0.216. The highest BCUT2D eigenvalue weighted by atomic mass is 35.5. The van der Waals surface area contributed by atoms with Gasteiger partial charge < -0.3 is 28.7 Å². The van der Waals surface area contributed by atoms with Crippen molar-refractivity contribution < 1.29 is 27.6 Å². The monoisotopic (exact) mass is 786 g/mol. The van der Waals surface area contributed by atoms with Crippen LogP contribution in [-0.2, 0) is 24.9 Å². The van der Waals surface area contributed by atoms with Gasteiger partial charge in [0.1, 0.15) is 0 Å². The van der Waals surface area contributed by atoms with Crippen molar-refractivity contribution >= 4 is 35.0 Å². The molecule has 1 N–H and O–H groups in total. The van der Waals surface area contributed by atoms with Crippen LogP contribution in [0.25, 0.3) is 22.4 Å². The molecule has 56 heavy (non-hydrogen) atoms. The van der Waals surface area contributed by atoms with E-state index in [1.165, 1.54) is 52.7 Å². The molecule has 1 atom stereocenters. The number of aromatic nitrogens is 5. The zero-order valence-electron chi connectivity index (χ0n) is 31.6. The maximum atomic E-state index is 15.7. The molecule has 2 aliphatic rings. The predicted molar refractivity (Wildman–Crippen MR) is 207 cm³/mol. The van der Waals surface area contributed by atoms with Gasteiger partial charge in [-0.3, -0.25) is 23.9 Å².